The van der Waals surface area contributed by atoms with Gasteiger partial charge in [0.15, 0.2) is 0 Å². The molecule has 0 saturated carbocycles. The number of benzene rings is 2. The van der Waals surface area contributed by atoms with E-state index in [-0.39, 0.29) is 23.5 Å². The number of carbonyl (C=O) groups is 3. The molecular formula is C22H23N3O6S2. The molecule has 0 radical (unpaired) electrons. The second-order valence-electron chi connectivity index (χ2n) is 7.17. The second kappa shape index (κ2) is 10.2. The summed E-state index contributed by atoms with van der Waals surface area (Å²) in [6.07, 6.45) is 1.63. The highest BCUT2D eigenvalue weighted by molar-refractivity contribution is 8.18. The van der Waals surface area contributed by atoms with Crippen LogP contribution in [0.25, 0.3) is 6.08 Å². The lowest BCUT2D eigenvalue weighted by atomic mass is 10.2. The summed E-state index contributed by atoms with van der Waals surface area (Å²) in [6.45, 7) is 0.0773. The lowest BCUT2D eigenvalue weighted by Gasteiger charge is -2.13. The van der Waals surface area contributed by atoms with Crippen molar-refractivity contribution in [2.75, 3.05) is 34.3 Å². The van der Waals surface area contributed by atoms with Gasteiger partial charge in [-0.1, -0.05) is 12.1 Å². The van der Waals surface area contributed by atoms with Crippen LogP contribution in [0.1, 0.15) is 15.9 Å². The number of imide groups is 1. The van der Waals surface area contributed by atoms with Gasteiger partial charge in [-0.15, -0.1) is 0 Å². The molecule has 3 rings (SSSR count). The van der Waals surface area contributed by atoms with Crippen molar-refractivity contribution in [3.63, 3.8) is 0 Å². The first-order valence-corrected chi connectivity index (χ1v) is 12.1. The summed E-state index contributed by atoms with van der Waals surface area (Å²) in [5, 5.41) is 2.23. The standard InChI is InChI=1S/C22H23N3O6S2/c1-24(2)33(29,30)18-10-6-16(7-11-18)20(26)23-12-13-25-21(27)19(32-22(25)28)14-15-4-8-17(31-3)9-5-15/h4-11,14H,12-13H2,1-3H3,(H,23,26)/b19-14-. The highest BCUT2D eigenvalue weighted by Gasteiger charge is 2.34. The number of sulfonamides is 1. The van der Waals surface area contributed by atoms with Gasteiger partial charge < -0.3 is 10.1 Å². The third-order valence-corrected chi connectivity index (χ3v) is 7.54. The zero-order chi connectivity index (χ0) is 24.2. The van der Waals surface area contributed by atoms with Gasteiger partial charge >= 0.3 is 0 Å². The van der Waals surface area contributed by atoms with Gasteiger partial charge in [-0.3, -0.25) is 19.3 Å². The maximum absolute atomic E-state index is 12.6. The third kappa shape index (κ3) is 5.62. The monoisotopic (exact) mass is 489 g/mol. The Balaban J connectivity index is 1.57. The topological polar surface area (TPSA) is 113 Å². The van der Waals surface area contributed by atoms with Crippen molar-refractivity contribution in [2.24, 2.45) is 0 Å². The van der Waals surface area contributed by atoms with Gasteiger partial charge in [0.1, 0.15) is 5.75 Å². The molecule has 1 aliphatic rings. The Kier molecular flexibility index (Phi) is 7.57. The van der Waals surface area contributed by atoms with Crippen molar-refractivity contribution in [2.45, 2.75) is 4.90 Å². The predicted molar refractivity (Wildman–Crippen MR) is 125 cm³/mol. The number of carbonyl (C=O) groups excluding carboxylic acids is 3. The Morgan fingerprint density at radius 2 is 1.73 bits per heavy atom. The summed E-state index contributed by atoms with van der Waals surface area (Å²) in [5.41, 5.74) is 1.02. The first-order chi connectivity index (χ1) is 15.6. The first-order valence-electron chi connectivity index (χ1n) is 9.83. The normalized spacial score (nSPS) is 15.4. The van der Waals surface area contributed by atoms with Gasteiger partial charge in [-0.25, -0.2) is 12.7 Å². The molecule has 2 aromatic rings. The number of methoxy groups -OCH3 is 1. The molecule has 2 aromatic carbocycles. The van der Waals surface area contributed by atoms with Crippen LogP contribution in [-0.4, -0.2) is 69.0 Å². The van der Waals surface area contributed by atoms with Crippen molar-refractivity contribution < 1.29 is 27.5 Å². The van der Waals surface area contributed by atoms with E-state index in [4.69, 9.17) is 4.74 Å². The van der Waals surface area contributed by atoms with E-state index in [0.717, 1.165) is 26.5 Å². The van der Waals surface area contributed by atoms with E-state index in [1.807, 2.05) is 0 Å². The number of nitrogens with one attached hydrogen (secondary N) is 1. The number of nitrogens with zero attached hydrogens (tertiary/aromatic N) is 2. The molecule has 174 valence electrons. The molecule has 1 aliphatic heterocycles. The van der Waals surface area contributed by atoms with Crippen molar-refractivity contribution in [1.29, 1.82) is 0 Å². The lowest BCUT2D eigenvalue weighted by Crippen LogP contribution is -2.37. The fourth-order valence-corrected chi connectivity index (χ4v) is 4.68. The Hall–Kier alpha value is -3.15. The van der Waals surface area contributed by atoms with E-state index >= 15 is 0 Å². The van der Waals surface area contributed by atoms with Crippen LogP contribution in [-0.2, 0) is 14.8 Å². The van der Waals surface area contributed by atoms with Crippen molar-refractivity contribution in [3.8, 4) is 5.75 Å². The van der Waals surface area contributed by atoms with Crippen LogP contribution in [0.15, 0.2) is 58.3 Å². The Morgan fingerprint density at radius 1 is 1.09 bits per heavy atom. The minimum Gasteiger partial charge on any atom is -0.497 e. The molecule has 0 aromatic heterocycles. The highest BCUT2D eigenvalue weighted by Crippen LogP contribution is 2.32. The maximum atomic E-state index is 12.6. The van der Waals surface area contributed by atoms with E-state index in [2.05, 4.69) is 5.32 Å². The molecule has 9 nitrogen and oxygen atoms in total. The molecule has 0 bridgehead atoms. The molecule has 1 saturated heterocycles. The SMILES string of the molecule is COc1ccc(/C=C2\SC(=O)N(CCNC(=O)c3ccc(S(=O)(=O)N(C)C)cc3)C2=O)cc1. The highest BCUT2D eigenvalue weighted by atomic mass is 32.2. The number of ether oxygens (including phenoxy) is 1. The Morgan fingerprint density at radius 3 is 2.30 bits per heavy atom. The van der Waals surface area contributed by atoms with E-state index < -0.39 is 27.1 Å². The van der Waals surface area contributed by atoms with Gasteiger partial charge in [-0.2, -0.15) is 0 Å². The summed E-state index contributed by atoms with van der Waals surface area (Å²) < 4.78 is 30.4. The fraction of sp³-hybridized carbons (Fsp3) is 0.227. The zero-order valence-corrected chi connectivity index (χ0v) is 19.9. The molecule has 0 unspecified atom stereocenters. The van der Waals surface area contributed by atoms with Gasteiger partial charge in [0.05, 0.1) is 16.9 Å². The van der Waals surface area contributed by atoms with Crippen molar-refractivity contribution >= 4 is 44.9 Å². The number of hydrogen-bond acceptors (Lipinski definition) is 7. The van der Waals surface area contributed by atoms with Gasteiger partial charge in [-0.05, 0) is 59.8 Å². The molecule has 33 heavy (non-hydrogen) atoms. The molecule has 0 spiro atoms. The molecule has 1 N–H and O–H groups in total. The van der Waals surface area contributed by atoms with Crippen molar-refractivity contribution in [3.05, 3.63) is 64.6 Å². The average molecular weight is 490 g/mol. The van der Waals surface area contributed by atoms with E-state index in [1.165, 1.54) is 38.4 Å². The zero-order valence-electron chi connectivity index (χ0n) is 18.3. The molecule has 3 amide bonds. The molecular weight excluding hydrogens is 466 g/mol. The molecule has 1 heterocycles. The molecule has 0 aliphatic carbocycles. The van der Waals surface area contributed by atoms with Gasteiger partial charge in [0.25, 0.3) is 17.1 Å². The number of hydrogen-bond donors (Lipinski definition) is 1. The van der Waals surface area contributed by atoms with Gasteiger partial charge in [0, 0.05) is 32.7 Å². The minimum absolute atomic E-state index is 0.0173. The van der Waals surface area contributed by atoms with Crippen LogP contribution in [0, 0.1) is 0 Å². The van der Waals surface area contributed by atoms with Crippen LogP contribution in [0.4, 0.5) is 4.79 Å². The number of amides is 3. The largest absolute Gasteiger partial charge is 0.497 e. The summed E-state index contributed by atoms with van der Waals surface area (Å²) >= 11 is 0.842. The number of rotatable bonds is 8. The van der Waals surface area contributed by atoms with E-state index in [0.29, 0.717) is 10.7 Å². The van der Waals surface area contributed by atoms with Crippen LogP contribution < -0.4 is 10.1 Å². The summed E-state index contributed by atoms with van der Waals surface area (Å²) in [5.74, 6) is -0.178. The maximum Gasteiger partial charge on any atom is 0.293 e. The van der Waals surface area contributed by atoms with Crippen LogP contribution in [0.2, 0.25) is 0 Å². The predicted octanol–water partition coefficient (Wildman–Crippen LogP) is 2.41. The summed E-state index contributed by atoms with van der Waals surface area (Å²) in [7, 11) is 0.821. The average Bonchev–Trinajstić information content (AvgIpc) is 3.06. The molecule has 1 fully saturated rings. The Bertz CT molecular complexity index is 1190. The third-order valence-electron chi connectivity index (χ3n) is 4.80. The first kappa shape index (κ1) is 24.5. The molecule has 11 heteroatoms. The van der Waals surface area contributed by atoms with Crippen LogP contribution in [0.3, 0.4) is 0 Å². The van der Waals surface area contributed by atoms with Crippen LogP contribution >= 0.6 is 11.8 Å². The second-order valence-corrected chi connectivity index (χ2v) is 10.3. The van der Waals surface area contributed by atoms with Gasteiger partial charge in [0.2, 0.25) is 10.0 Å². The Labute approximate surface area is 196 Å². The smallest absolute Gasteiger partial charge is 0.293 e. The summed E-state index contributed by atoms with van der Waals surface area (Å²) in [4.78, 5) is 38.6. The lowest BCUT2D eigenvalue weighted by molar-refractivity contribution is -0.122. The van der Waals surface area contributed by atoms with E-state index in [9.17, 15) is 22.8 Å². The fourth-order valence-electron chi connectivity index (χ4n) is 2.92. The van der Waals surface area contributed by atoms with Crippen molar-refractivity contribution in [1.82, 2.24) is 14.5 Å². The molecule has 0 atom stereocenters. The minimum atomic E-state index is -3.59. The van der Waals surface area contributed by atoms with Crippen LogP contribution in [0.5, 0.6) is 5.75 Å². The summed E-state index contributed by atoms with van der Waals surface area (Å²) in [6, 6.07) is 12.6. The number of thioether (sulfide) groups is 1. The quantitative estimate of drug-likeness (QED) is 0.567. The van der Waals surface area contributed by atoms with E-state index in [1.54, 1.807) is 37.5 Å².